The summed E-state index contributed by atoms with van der Waals surface area (Å²) in [6.07, 6.45) is 8.02. The number of terminal acetylenes is 1. The average molecular weight is 232 g/mol. The summed E-state index contributed by atoms with van der Waals surface area (Å²) in [4.78, 5) is 11.1. The van der Waals surface area contributed by atoms with Gasteiger partial charge in [0.15, 0.2) is 0 Å². The zero-order valence-corrected chi connectivity index (χ0v) is 8.86. The van der Waals surface area contributed by atoms with Crippen LogP contribution in [0.3, 0.4) is 0 Å². The van der Waals surface area contributed by atoms with E-state index in [0.717, 1.165) is 19.3 Å². The summed E-state index contributed by atoms with van der Waals surface area (Å²) in [5.74, 6) is 2.34. The molecule has 68 valence electrons. The fourth-order valence-electron chi connectivity index (χ4n) is 0.763. The molecule has 0 aliphatic rings. The molecule has 1 amide bonds. The lowest BCUT2D eigenvalue weighted by Crippen LogP contribution is -2.31. The molecule has 0 aliphatic heterocycles. The molecule has 12 heavy (non-hydrogen) atoms. The second-order valence-corrected chi connectivity index (χ2v) is 3.64. The van der Waals surface area contributed by atoms with Crippen LogP contribution in [-0.2, 0) is 4.79 Å². The van der Waals surface area contributed by atoms with Crippen molar-refractivity contribution < 1.29 is 4.79 Å². The monoisotopic (exact) mass is 231 g/mol. The average Bonchev–Trinajstić information content (AvgIpc) is 2.10. The van der Waals surface area contributed by atoms with Crippen molar-refractivity contribution >= 4 is 21.8 Å². The Bertz CT molecular complexity index is 174. The molecule has 0 aromatic carbocycles. The van der Waals surface area contributed by atoms with E-state index in [0.29, 0.717) is 6.54 Å². The third-order valence-corrected chi connectivity index (χ3v) is 2.33. The van der Waals surface area contributed by atoms with E-state index >= 15 is 0 Å². The van der Waals surface area contributed by atoms with E-state index in [9.17, 15) is 4.79 Å². The van der Waals surface area contributed by atoms with Gasteiger partial charge in [0.25, 0.3) is 0 Å². The first-order chi connectivity index (χ1) is 5.72. The topological polar surface area (TPSA) is 29.1 Å². The Hall–Kier alpha value is -0.490. The molecule has 1 unspecified atom stereocenters. The Morgan fingerprint density at radius 2 is 2.42 bits per heavy atom. The quantitative estimate of drug-likeness (QED) is 0.567. The highest BCUT2D eigenvalue weighted by atomic mass is 79.9. The van der Waals surface area contributed by atoms with Crippen molar-refractivity contribution in [3.05, 3.63) is 0 Å². The van der Waals surface area contributed by atoms with Gasteiger partial charge in [0.2, 0.25) is 5.91 Å². The molecule has 0 radical (unpaired) electrons. The van der Waals surface area contributed by atoms with Gasteiger partial charge < -0.3 is 5.32 Å². The standard InChI is InChI=1S/C9H14BrNO/c1-3-5-6-8(10)9(12)11-7-4-2/h2,8H,3,5-7H2,1H3,(H,11,12). The zero-order valence-electron chi connectivity index (χ0n) is 7.27. The number of alkyl halides is 1. The molecular formula is C9H14BrNO. The first kappa shape index (κ1) is 11.5. The van der Waals surface area contributed by atoms with Crippen molar-refractivity contribution in [1.82, 2.24) is 5.32 Å². The number of amides is 1. The second-order valence-electron chi connectivity index (χ2n) is 2.53. The predicted molar refractivity (Wildman–Crippen MR) is 54.1 cm³/mol. The highest BCUT2D eigenvalue weighted by molar-refractivity contribution is 9.10. The highest BCUT2D eigenvalue weighted by Crippen LogP contribution is 2.09. The largest absolute Gasteiger partial charge is 0.344 e. The summed E-state index contributed by atoms with van der Waals surface area (Å²) in [5.41, 5.74) is 0. The van der Waals surface area contributed by atoms with Gasteiger partial charge in [-0.3, -0.25) is 4.79 Å². The van der Waals surface area contributed by atoms with Crippen LogP contribution in [0.1, 0.15) is 26.2 Å². The van der Waals surface area contributed by atoms with Crippen LogP contribution in [0.25, 0.3) is 0 Å². The maximum Gasteiger partial charge on any atom is 0.234 e. The van der Waals surface area contributed by atoms with Crippen LogP contribution in [0.15, 0.2) is 0 Å². The van der Waals surface area contributed by atoms with Crippen LogP contribution in [0, 0.1) is 12.3 Å². The van der Waals surface area contributed by atoms with Crippen LogP contribution < -0.4 is 5.32 Å². The fourth-order valence-corrected chi connectivity index (χ4v) is 1.25. The Labute approximate surface area is 82.2 Å². The van der Waals surface area contributed by atoms with Crippen molar-refractivity contribution in [3.63, 3.8) is 0 Å². The lowest BCUT2D eigenvalue weighted by molar-refractivity contribution is -0.120. The SMILES string of the molecule is C#CCNC(=O)C(Br)CCCC. The molecule has 3 heteroatoms. The normalized spacial score (nSPS) is 11.8. The molecule has 2 nitrogen and oxygen atoms in total. The molecule has 0 heterocycles. The number of carbonyl (C=O) groups is 1. The van der Waals surface area contributed by atoms with Crippen molar-refractivity contribution in [2.45, 2.75) is 31.0 Å². The van der Waals surface area contributed by atoms with Crippen LogP contribution in [-0.4, -0.2) is 17.3 Å². The second kappa shape index (κ2) is 7.17. The van der Waals surface area contributed by atoms with Crippen molar-refractivity contribution in [3.8, 4) is 12.3 Å². The molecule has 0 saturated heterocycles. The minimum atomic E-state index is -0.0919. The lowest BCUT2D eigenvalue weighted by atomic mass is 10.2. The van der Waals surface area contributed by atoms with Gasteiger partial charge in [0, 0.05) is 0 Å². The molecule has 0 saturated carbocycles. The smallest absolute Gasteiger partial charge is 0.234 e. The number of hydrogen-bond acceptors (Lipinski definition) is 1. The number of nitrogens with one attached hydrogen (secondary N) is 1. The lowest BCUT2D eigenvalue weighted by Gasteiger charge is -2.07. The van der Waals surface area contributed by atoms with Crippen LogP contribution >= 0.6 is 15.9 Å². The summed E-state index contributed by atoms with van der Waals surface area (Å²) in [5, 5.41) is 2.62. The molecule has 0 spiro atoms. The van der Waals surface area contributed by atoms with Crippen molar-refractivity contribution in [2.24, 2.45) is 0 Å². The van der Waals surface area contributed by atoms with E-state index in [1.54, 1.807) is 0 Å². The van der Waals surface area contributed by atoms with Crippen LogP contribution in [0.5, 0.6) is 0 Å². The van der Waals surface area contributed by atoms with Gasteiger partial charge in [0.1, 0.15) is 0 Å². The summed E-state index contributed by atoms with van der Waals surface area (Å²) < 4.78 is 0. The molecule has 0 rings (SSSR count). The van der Waals surface area contributed by atoms with E-state index in [-0.39, 0.29) is 10.7 Å². The molecule has 0 bridgehead atoms. The number of hydrogen-bond donors (Lipinski definition) is 1. The minimum Gasteiger partial charge on any atom is -0.344 e. The molecule has 1 N–H and O–H groups in total. The minimum absolute atomic E-state index is 0.0126. The fraction of sp³-hybridized carbons (Fsp3) is 0.667. The van der Waals surface area contributed by atoms with Crippen LogP contribution in [0.4, 0.5) is 0 Å². The number of carbonyl (C=O) groups excluding carboxylic acids is 1. The molecule has 0 aliphatic carbocycles. The predicted octanol–water partition coefficient (Wildman–Crippen LogP) is 1.69. The maximum atomic E-state index is 11.2. The third kappa shape index (κ3) is 5.20. The van der Waals surface area contributed by atoms with Crippen molar-refractivity contribution in [2.75, 3.05) is 6.54 Å². The molecule has 0 aromatic rings. The van der Waals surface area contributed by atoms with Gasteiger partial charge in [-0.25, -0.2) is 0 Å². The van der Waals surface area contributed by atoms with Gasteiger partial charge in [-0.1, -0.05) is 41.6 Å². The highest BCUT2D eigenvalue weighted by Gasteiger charge is 2.12. The molecule has 0 aromatic heterocycles. The Kier molecular flexibility index (Phi) is 6.88. The van der Waals surface area contributed by atoms with E-state index in [2.05, 4.69) is 34.1 Å². The first-order valence-electron chi connectivity index (χ1n) is 4.07. The van der Waals surface area contributed by atoms with Crippen LogP contribution in [0.2, 0.25) is 0 Å². The van der Waals surface area contributed by atoms with Gasteiger partial charge in [-0.15, -0.1) is 6.42 Å². The number of halogens is 1. The van der Waals surface area contributed by atoms with Gasteiger partial charge >= 0.3 is 0 Å². The first-order valence-corrected chi connectivity index (χ1v) is 4.99. The maximum absolute atomic E-state index is 11.2. The summed E-state index contributed by atoms with van der Waals surface area (Å²) >= 11 is 3.29. The van der Waals surface area contributed by atoms with Crippen molar-refractivity contribution in [1.29, 1.82) is 0 Å². The Morgan fingerprint density at radius 1 is 1.75 bits per heavy atom. The van der Waals surface area contributed by atoms with Gasteiger partial charge in [-0.2, -0.15) is 0 Å². The molecule has 1 atom stereocenters. The molecular weight excluding hydrogens is 218 g/mol. The van der Waals surface area contributed by atoms with E-state index in [1.165, 1.54) is 0 Å². The summed E-state index contributed by atoms with van der Waals surface area (Å²) in [6, 6.07) is 0. The van der Waals surface area contributed by atoms with E-state index < -0.39 is 0 Å². The van der Waals surface area contributed by atoms with Gasteiger partial charge in [0.05, 0.1) is 11.4 Å². The Morgan fingerprint density at radius 3 is 2.92 bits per heavy atom. The van der Waals surface area contributed by atoms with E-state index in [4.69, 9.17) is 6.42 Å². The Balaban J connectivity index is 3.55. The zero-order chi connectivity index (χ0) is 9.40. The van der Waals surface area contributed by atoms with E-state index in [1.807, 2.05) is 0 Å². The third-order valence-electron chi connectivity index (χ3n) is 1.46. The number of rotatable bonds is 5. The summed E-state index contributed by atoms with van der Waals surface area (Å²) in [6.45, 7) is 2.41. The molecule has 0 fully saturated rings. The van der Waals surface area contributed by atoms with Gasteiger partial charge in [-0.05, 0) is 6.42 Å². The number of unbranched alkanes of at least 4 members (excludes halogenated alkanes) is 1. The summed E-state index contributed by atoms with van der Waals surface area (Å²) in [7, 11) is 0.